The summed E-state index contributed by atoms with van der Waals surface area (Å²) >= 11 is 3.28. The Hall–Kier alpha value is -3.34. The number of halogens is 2. The Morgan fingerprint density at radius 3 is 2.34 bits per heavy atom. The second kappa shape index (κ2) is 12.5. The molecule has 204 valence electrons. The second-order valence-electron chi connectivity index (χ2n) is 10.5. The number of tetrazole rings is 1. The van der Waals surface area contributed by atoms with Crippen LogP contribution in [0.2, 0.25) is 0 Å². The number of carbonyl (C=O) groups is 2. The lowest BCUT2D eigenvalue weighted by Gasteiger charge is -2.41. The fourth-order valence-corrected chi connectivity index (χ4v) is 5.25. The van der Waals surface area contributed by atoms with E-state index in [9.17, 15) is 14.0 Å². The third-order valence-electron chi connectivity index (χ3n) is 6.88. The van der Waals surface area contributed by atoms with Crippen molar-refractivity contribution in [2.24, 2.45) is 11.3 Å². The van der Waals surface area contributed by atoms with Crippen molar-refractivity contribution in [1.82, 2.24) is 25.5 Å². The van der Waals surface area contributed by atoms with Gasteiger partial charge in [0.05, 0.1) is 0 Å². The molecule has 4 rings (SSSR count). The SMILES string of the molecule is C.CC(C)(C)C1CCC(N(Cc2ccc(C(=O)Nc3nn[nH]n3)cc2)C(=O)Nc2cc(F)cc(Br)c2)CC1. The molecule has 1 aliphatic rings. The largest absolute Gasteiger partial charge is 0.322 e. The van der Waals surface area contributed by atoms with Gasteiger partial charge in [0.15, 0.2) is 0 Å². The molecule has 3 N–H and O–H groups in total. The highest BCUT2D eigenvalue weighted by molar-refractivity contribution is 9.10. The highest BCUT2D eigenvalue weighted by atomic mass is 79.9. The zero-order chi connectivity index (χ0) is 26.6. The molecule has 0 spiro atoms. The van der Waals surface area contributed by atoms with Crippen molar-refractivity contribution in [2.75, 3.05) is 10.6 Å². The molecule has 1 saturated carbocycles. The fourth-order valence-electron chi connectivity index (χ4n) is 4.79. The van der Waals surface area contributed by atoms with Crippen LogP contribution in [0.15, 0.2) is 46.9 Å². The Morgan fingerprint density at radius 2 is 1.76 bits per heavy atom. The molecular formula is C27H35BrFN7O2. The van der Waals surface area contributed by atoms with Crippen molar-refractivity contribution in [2.45, 2.75) is 66.5 Å². The van der Waals surface area contributed by atoms with E-state index in [2.05, 4.69) is 68.0 Å². The van der Waals surface area contributed by atoms with E-state index in [-0.39, 0.29) is 36.8 Å². The van der Waals surface area contributed by atoms with Crippen LogP contribution in [0.1, 0.15) is 69.8 Å². The number of hydrogen-bond donors (Lipinski definition) is 3. The lowest BCUT2D eigenvalue weighted by molar-refractivity contribution is 0.102. The molecule has 0 atom stereocenters. The van der Waals surface area contributed by atoms with Gasteiger partial charge in [-0.3, -0.25) is 10.1 Å². The van der Waals surface area contributed by atoms with E-state index in [0.29, 0.717) is 28.2 Å². The summed E-state index contributed by atoms with van der Waals surface area (Å²) in [5, 5.41) is 18.6. The minimum atomic E-state index is -0.434. The van der Waals surface area contributed by atoms with Crippen LogP contribution >= 0.6 is 15.9 Å². The zero-order valence-electron chi connectivity index (χ0n) is 21.1. The van der Waals surface area contributed by atoms with Crippen molar-refractivity contribution < 1.29 is 14.0 Å². The lowest BCUT2D eigenvalue weighted by Crippen LogP contribution is -2.45. The molecule has 1 aromatic heterocycles. The van der Waals surface area contributed by atoms with Crippen molar-refractivity contribution in [1.29, 1.82) is 0 Å². The van der Waals surface area contributed by atoms with Gasteiger partial charge in [0, 0.05) is 28.3 Å². The van der Waals surface area contributed by atoms with E-state index >= 15 is 0 Å². The summed E-state index contributed by atoms with van der Waals surface area (Å²) in [7, 11) is 0. The Morgan fingerprint density at radius 1 is 1.08 bits per heavy atom. The summed E-state index contributed by atoms with van der Waals surface area (Å²) in [5.74, 6) is -0.104. The number of amides is 3. The zero-order valence-corrected chi connectivity index (χ0v) is 22.7. The topological polar surface area (TPSA) is 116 Å². The van der Waals surface area contributed by atoms with Crippen LogP contribution in [-0.2, 0) is 6.54 Å². The van der Waals surface area contributed by atoms with Crippen LogP contribution in [0.5, 0.6) is 0 Å². The molecule has 3 aromatic rings. The van der Waals surface area contributed by atoms with Gasteiger partial charge in [0.25, 0.3) is 11.9 Å². The molecule has 3 amide bonds. The third kappa shape index (κ3) is 7.59. The first-order chi connectivity index (χ1) is 17.6. The summed E-state index contributed by atoms with van der Waals surface area (Å²) in [6.07, 6.45) is 3.87. The molecule has 11 heteroatoms. The average Bonchev–Trinajstić information content (AvgIpc) is 3.35. The number of H-pyrrole nitrogens is 1. The van der Waals surface area contributed by atoms with Crippen molar-refractivity contribution >= 4 is 39.5 Å². The van der Waals surface area contributed by atoms with Gasteiger partial charge < -0.3 is 10.2 Å². The summed E-state index contributed by atoms with van der Waals surface area (Å²) in [4.78, 5) is 27.7. The Kier molecular flexibility index (Phi) is 9.59. The summed E-state index contributed by atoms with van der Waals surface area (Å²) in [6, 6.07) is 11.1. The van der Waals surface area contributed by atoms with Crippen molar-refractivity contribution in [3.05, 3.63) is 63.9 Å². The van der Waals surface area contributed by atoms with E-state index in [0.717, 1.165) is 31.2 Å². The number of nitrogens with zero attached hydrogens (tertiary/aromatic N) is 4. The van der Waals surface area contributed by atoms with Gasteiger partial charge in [0.2, 0.25) is 0 Å². The number of aromatic nitrogens is 4. The third-order valence-corrected chi connectivity index (χ3v) is 7.33. The molecule has 0 bridgehead atoms. The molecule has 0 unspecified atom stereocenters. The molecule has 9 nitrogen and oxygen atoms in total. The molecule has 1 aliphatic carbocycles. The van der Waals surface area contributed by atoms with E-state index < -0.39 is 5.82 Å². The van der Waals surface area contributed by atoms with Gasteiger partial charge in [-0.05, 0) is 78.1 Å². The smallest absolute Gasteiger partial charge is 0.317 e. The average molecular weight is 589 g/mol. The molecule has 0 saturated heterocycles. The first-order valence-corrected chi connectivity index (χ1v) is 13.1. The number of carbonyl (C=O) groups excluding carboxylic acids is 2. The molecular weight excluding hydrogens is 553 g/mol. The summed E-state index contributed by atoms with van der Waals surface area (Å²) in [6.45, 7) is 7.15. The Labute approximate surface area is 231 Å². The molecule has 2 aromatic carbocycles. The molecule has 0 radical (unpaired) electrons. The minimum absolute atomic E-state index is 0. The summed E-state index contributed by atoms with van der Waals surface area (Å²) < 4.78 is 14.5. The highest BCUT2D eigenvalue weighted by Crippen LogP contribution is 2.39. The van der Waals surface area contributed by atoms with Crippen LogP contribution < -0.4 is 10.6 Å². The predicted octanol–water partition coefficient (Wildman–Crippen LogP) is 6.63. The lowest BCUT2D eigenvalue weighted by atomic mass is 9.71. The molecule has 0 aliphatic heterocycles. The van der Waals surface area contributed by atoms with Crippen LogP contribution in [-0.4, -0.2) is 43.5 Å². The highest BCUT2D eigenvalue weighted by Gasteiger charge is 2.33. The van der Waals surface area contributed by atoms with Crippen LogP contribution in [0.4, 0.5) is 20.8 Å². The monoisotopic (exact) mass is 587 g/mol. The fraction of sp³-hybridized carbons (Fsp3) is 0.444. The minimum Gasteiger partial charge on any atom is -0.317 e. The second-order valence-corrected chi connectivity index (χ2v) is 11.4. The number of rotatable bonds is 6. The normalized spacial score (nSPS) is 17.3. The van der Waals surface area contributed by atoms with Gasteiger partial charge in [-0.15, -0.1) is 5.10 Å². The number of urea groups is 1. The molecule has 1 fully saturated rings. The Bertz CT molecular complexity index is 1200. The first kappa shape index (κ1) is 29.2. The van der Waals surface area contributed by atoms with E-state index in [4.69, 9.17) is 0 Å². The molecule has 1 heterocycles. The maximum absolute atomic E-state index is 13.9. The van der Waals surface area contributed by atoms with Crippen molar-refractivity contribution in [3.8, 4) is 0 Å². The predicted molar refractivity (Wildman–Crippen MR) is 149 cm³/mol. The number of benzene rings is 2. The maximum Gasteiger partial charge on any atom is 0.322 e. The van der Waals surface area contributed by atoms with Gasteiger partial charge in [0.1, 0.15) is 5.82 Å². The van der Waals surface area contributed by atoms with E-state index in [1.807, 2.05) is 17.0 Å². The van der Waals surface area contributed by atoms with Gasteiger partial charge in [-0.1, -0.05) is 61.4 Å². The van der Waals surface area contributed by atoms with Crippen LogP contribution in [0.3, 0.4) is 0 Å². The maximum atomic E-state index is 13.9. The standard InChI is InChI=1S/C26H31BrFN7O2.CH4/c1-26(2,3)18-8-10-22(11-9-18)35(25(37)29-21-13-19(27)12-20(28)14-21)15-16-4-6-17(7-5-16)23(36)30-24-31-33-34-32-24;/h4-7,12-14,18,22H,8-11,15H2,1-3H3,(H,29,37)(H2,30,31,32,33,34,36);1H4. The first-order valence-electron chi connectivity index (χ1n) is 12.3. The quantitative estimate of drug-likeness (QED) is 0.299. The van der Waals surface area contributed by atoms with Crippen molar-refractivity contribution in [3.63, 3.8) is 0 Å². The number of anilines is 2. The number of hydrogen-bond acceptors (Lipinski definition) is 5. The van der Waals surface area contributed by atoms with E-state index in [1.165, 1.54) is 12.1 Å². The van der Waals surface area contributed by atoms with Gasteiger partial charge in [-0.2, -0.15) is 5.21 Å². The van der Waals surface area contributed by atoms with Crippen LogP contribution in [0.25, 0.3) is 0 Å². The number of aromatic amines is 1. The van der Waals surface area contributed by atoms with Crippen LogP contribution in [0, 0.1) is 17.2 Å². The molecule has 38 heavy (non-hydrogen) atoms. The van der Waals surface area contributed by atoms with Gasteiger partial charge in [-0.25, -0.2) is 9.18 Å². The van der Waals surface area contributed by atoms with Gasteiger partial charge >= 0.3 is 6.03 Å². The van der Waals surface area contributed by atoms with E-state index in [1.54, 1.807) is 18.2 Å². The Balaban J connectivity index is 0.00000400. The summed E-state index contributed by atoms with van der Waals surface area (Å²) in [5.41, 5.74) is 1.92. The number of nitrogens with one attached hydrogen (secondary N) is 3.